The SMILES string of the molecule is C=C(C(=O)N(c1ccccc1C#Cc1ccccc1)S(=O)(=O)c1ccc(C)cc1)c1ccccc1. The van der Waals surface area contributed by atoms with E-state index in [9.17, 15) is 13.2 Å². The van der Waals surface area contributed by atoms with Crippen LogP contribution in [0.2, 0.25) is 0 Å². The number of nitrogens with zero attached hydrogens (tertiary/aromatic N) is 1. The van der Waals surface area contributed by atoms with Gasteiger partial charge in [-0.15, -0.1) is 0 Å². The van der Waals surface area contributed by atoms with Gasteiger partial charge in [0.1, 0.15) is 0 Å². The van der Waals surface area contributed by atoms with E-state index in [-0.39, 0.29) is 16.2 Å². The molecule has 4 nitrogen and oxygen atoms in total. The predicted octanol–water partition coefficient (Wildman–Crippen LogP) is 5.83. The van der Waals surface area contributed by atoms with Crippen LogP contribution in [-0.2, 0) is 14.8 Å². The van der Waals surface area contributed by atoms with Crippen molar-refractivity contribution in [1.29, 1.82) is 0 Å². The summed E-state index contributed by atoms with van der Waals surface area (Å²) in [6.07, 6.45) is 0. The molecular weight excluding hydrogens is 454 g/mol. The number of hydrogen-bond donors (Lipinski definition) is 0. The zero-order chi connectivity index (χ0) is 24.8. The third-order valence-electron chi connectivity index (χ3n) is 5.36. The highest BCUT2D eigenvalue weighted by atomic mass is 32.2. The zero-order valence-corrected chi connectivity index (χ0v) is 20.0. The first kappa shape index (κ1) is 23.7. The Morgan fingerprint density at radius 1 is 0.743 bits per heavy atom. The Morgan fingerprint density at radius 2 is 1.31 bits per heavy atom. The lowest BCUT2D eigenvalue weighted by Gasteiger charge is -2.25. The number of carbonyl (C=O) groups is 1. The van der Waals surface area contributed by atoms with Gasteiger partial charge in [-0.3, -0.25) is 4.79 Å². The quantitative estimate of drug-likeness (QED) is 0.268. The second kappa shape index (κ2) is 10.3. The first-order valence-corrected chi connectivity index (χ1v) is 12.4. The lowest BCUT2D eigenvalue weighted by Crippen LogP contribution is -2.38. The summed E-state index contributed by atoms with van der Waals surface area (Å²) in [5.41, 5.74) is 2.85. The van der Waals surface area contributed by atoms with E-state index in [1.54, 1.807) is 60.7 Å². The van der Waals surface area contributed by atoms with Crippen molar-refractivity contribution in [2.75, 3.05) is 4.31 Å². The maximum atomic E-state index is 13.9. The molecule has 0 aliphatic heterocycles. The standard InChI is InChI=1S/C30H23NO3S/c1-23-17-21-28(22-18-23)35(33,34)31(30(32)24(2)26-13-7-4-8-14-26)29-16-10-9-15-27(29)20-19-25-11-5-3-6-12-25/h3-18,21-22H,2H2,1H3. The van der Waals surface area contributed by atoms with Gasteiger partial charge in [-0.25, -0.2) is 8.42 Å². The van der Waals surface area contributed by atoms with Gasteiger partial charge in [0.2, 0.25) is 0 Å². The van der Waals surface area contributed by atoms with Crippen molar-refractivity contribution < 1.29 is 13.2 Å². The molecule has 172 valence electrons. The Hall–Kier alpha value is -4.40. The molecule has 0 N–H and O–H groups in total. The van der Waals surface area contributed by atoms with Crippen LogP contribution in [0.15, 0.2) is 121 Å². The Labute approximate surface area is 206 Å². The van der Waals surface area contributed by atoms with Crippen LogP contribution in [0.25, 0.3) is 5.57 Å². The van der Waals surface area contributed by atoms with Crippen molar-refractivity contribution in [2.24, 2.45) is 0 Å². The van der Waals surface area contributed by atoms with Crippen LogP contribution in [0, 0.1) is 18.8 Å². The maximum absolute atomic E-state index is 13.9. The average Bonchev–Trinajstić information content (AvgIpc) is 2.89. The summed E-state index contributed by atoms with van der Waals surface area (Å²) in [6, 6.07) is 31.2. The predicted molar refractivity (Wildman–Crippen MR) is 140 cm³/mol. The lowest BCUT2D eigenvalue weighted by molar-refractivity contribution is -0.112. The molecule has 0 saturated carbocycles. The fraction of sp³-hybridized carbons (Fsp3) is 0.0333. The van der Waals surface area contributed by atoms with Crippen molar-refractivity contribution in [3.05, 3.63) is 138 Å². The Bertz CT molecular complexity index is 1530. The minimum Gasteiger partial charge on any atom is -0.268 e. The largest absolute Gasteiger partial charge is 0.272 e. The topological polar surface area (TPSA) is 54.5 Å². The van der Waals surface area contributed by atoms with Gasteiger partial charge in [-0.2, -0.15) is 4.31 Å². The number of rotatable bonds is 5. The molecule has 4 aromatic carbocycles. The van der Waals surface area contributed by atoms with E-state index >= 15 is 0 Å². The van der Waals surface area contributed by atoms with Gasteiger partial charge in [0.05, 0.1) is 10.6 Å². The van der Waals surface area contributed by atoms with E-state index in [0.29, 0.717) is 11.1 Å². The molecule has 0 radical (unpaired) electrons. The van der Waals surface area contributed by atoms with E-state index in [1.807, 2.05) is 43.3 Å². The van der Waals surface area contributed by atoms with E-state index in [4.69, 9.17) is 0 Å². The molecule has 0 atom stereocenters. The highest BCUT2D eigenvalue weighted by Crippen LogP contribution is 2.30. The van der Waals surface area contributed by atoms with Gasteiger partial charge in [-0.05, 0) is 48.9 Å². The van der Waals surface area contributed by atoms with Crippen molar-refractivity contribution >= 4 is 27.2 Å². The Morgan fingerprint density at radius 3 is 1.97 bits per heavy atom. The third-order valence-corrected chi connectivity index (χ3v) is 7.07. The molecule has 0 saturated heterocycles. The monoisotopic (exact) mass is 477 g/mol. The van der Waals surface area contributed by atoms with Gasteiger partial charge in [0, 0.05) is 16.7 Å². The summed E-state index contributed by atoms with van der Waals surface area (Å²) in [5.74, 6) is 5.34. The summed E-state index contributed by atoms with van der Waals surface area (Å²) in [6.45, 7) is 5.79. The van der Waals surface area contributed by atoms with Crippen LogP contribution in [-0.4, -0.2) is 14.3 Å². The lowest BCUT2D eigenvalue weighted by atomic mass is 10.1. The molecule has 0 aliphatic rings. The van der Waals surface area contributed by atoms with E-state index in [1.165, 1.54) is 12.1 Å². The summed E-state index contributed by atoms with van der Waals surface area (Å²) in [5, 5.41) is 0. The number of sulfonamides is 1. The van der Waals surface area contributed by atoms with E-state index in [0.717, 1.165) is 15.4 Å². The van der Waals surface area contributed by atoms with Crippen molar-refractivity contribution in [3.63, 3.8) is 0 Å². The fourth-order valence-electron chi connectivity index (χ4n) is 3.47. The van der Waals surface area contributed by atoms with Gasteiger partial charge in [0.15, 0.2) is 0 Å². The molecule has 0 heterocycles. The number of carbonyl (C=O) groups excluding carboxylic acids is 1. The zero-order valence-electron chi connectivity index (χ0n) is 19.2. The average molecular weight is 478 g/mol. The highest BCUT2D eigenvalue weighted by Gasteiger charge is 2.34. The molecule has 0 bridgehead atoms. The molecule has 4 rings (SSSR count). The van der Waals surface area contributed by atoms with Crippen LogP contribution >= 0.6 is 0 Å². The first-order valence-electron chi connectivity index (χ1n) is 10.9. The van der Waals surface area contributed by atoms with Gasteiger partial charge >= 0.3 is 0 Å². The molecule has 4 aromatic rings. The van der Waals surface area contributed by atoms with Gasteiger partial charge < -0.3 is 0 Å². The van der Waals surface area contributed by atoms with Gasteiger partial charge in [-0.1, -0.05) is 96.8 Å². The normalized spacial score (nSPS) is 10.7. The second-order valence-corrected chi connectivity index (χ2v) is 9.65. The molecule has 1 amide bonds. The molecule has 35 heavy (non-hydrogen) atoms. The number of benzene rings is 4. The number of aryl methyl sites for hydroxylation is 1. The van der Waals surface area contributed by atoms with Crippen LogP contribution in [0.3, 0.4) is 0 Å². The smallest absolute Gasteiger partial charge is 0.268 e. The fourth-order valence-corrected chi connectivity index (χ4v) is 4.90. The second-order valence-electron chi connectivity index (χ2n) is 7.87. The van der Waals surface area contributed by atoms with E-state index < -0.39 is 15.9 Å². The van der Waals surface area contributed by atoms with Crippen LogP contribution in [0.4, 0.5) is 5.69 Å². The van der Waals surface area contributed by atoms with Crippen molar-refractivity contribution in [3.8, 4) is 11.8 Å². The first-order chi connectivity index (χ1) is 16.9. The van der Waals surface area contributed by atoms with Crippen molar-refractivity contribution in [2.45, 2.75) is 11.8 Å². The minimum atomic E-state index is -4.27. The van der Waals surface area contributed by atoms with Crippen LogP contribution in [0.5, 0.6) is 0 Å². The molecule has 0 aromatic heterocycles. The van der Waals surface area contributed by atoms with Crippen LogP contribution < -0.4 is 4.31 Å². The number of para-hydroxylation sites is 1. The summed E-state index contributed by atoms with van der Waals surface area (Å²) in [4.78, 5) is 13.8. The molecular formula is C30H23NO3S. The van der Waals surface area contributed by atoms with Crippen molar-refractivity contribution in [1.82, 2.24) is 0 Å². The number of anilines is 1. The summed E-state index contributed by atoms with van der Waals surface area (Å²) >= 11 is 0. The molecule has 0 spiro atoms. The number of hydrogen-bond acceptors (Lipinski definition) is 3. The molecule has 0 fully saturated rings. The van der Waals surface area contributed by atoms with E-state index in [2.05, 4.69) is 18.4 Å². The summed E-state index contributed by atoms with van der Waals surface area (Å²) in [7, 11) is -4.27. The highest BCUT2D eigenvalue weighted by molar-refractivity contribution is 7.93. The van der Waals surface area contributed by atoms with Crippen LogP contribution in [0.1, 0.15) is 22.3 Å². The third kappa shape index (κ3) is 5.24. The summed E-state index contributed by atoms with van der Waals surface area (Å²) < 4.78 is 28.5. The Balaban J connectivity index is 1.88. The Kier molecular flexibility index (Phi) is 6.96. The van der Waals surface area contributed by atoms with Gasteiger partial charge in [0.25, 0.3) is 15.9 Å². The molecule has 0 unspecified atom stereocenters. The molecule has 5 heteroatoms. The maximum Gasteiger partial charge on any atom is 0.272 e. The number of amides is 1. The minimum absolute atomic E-state index is 0.00290. The molecule has 0 aliphatic carbocycles.